The molecule has 4 nitrogen and oxygen atoms in total. The molecule has 1 aliphatic rings. The van der Waals surface area contributed by atoms with E-state index in [0.717, 1.165) is 25.1 Å². The van der Waals surface area contributed by atoms with Crippen LogP contribution in [0.15, 0.2) is 66.2 Å². The van der Waals surface area contributed by atoms with Crippen LogP contribution in [0.5, 0.6) is 5.75 Å². The molecule has 2 N–H and O–H groups in total. The third kappa shape index (κ3) is 4.70. The van der Waals surface area contributed by atoms with E-state index in [9.17, 15) is 4.79 Å². The maximum absolute atomic E-state index is 12.3. The number of hydrogen-bond acceptors (Lipinski definition) is 3. The van der Waals surface area contributed by atoms with Gasteiger partial charge in [0.25, 0.3) is 5.91 Å². The van der Waals surface area contributed by atoms with Gasteiger partial charge in [0, 0.05) is 18.7 Å². The molecule has 2 aromatic rings. The predicted molar refractivity (Wildman–Crippen MR) is 95.1 cm³/mol. The fourth-order valence-electron chi connectivity index (χ4n) is 2.59. The molecule has 2 aromatic carbocycles. The zero-order valence-corrected chi connectivity index (χ0v) is 13.6. The lowest BCUT2D eigenvalue weighted by molar-refractivity contribution is 0.0956. The molecule has 0 spiro atoms. The van der Waals surface area contributed by atoms with Gasteiger partial charge in [0.15, 0.2) is 0 Å². The van der Waals surface area contributed by atoms with Crippen molar-refractivity contribution in [3.05, 3.63) is 77.4 Å². The van der Waals surface area contributed by atoms with Gasteiger partial charge in [-0.3, -0.25) is 4.79 Å². The Morgan fingerprint density at radius 3 is 2.79 bits per heavy atom. The van der Waals surface area contributed by atoms with E-state index >= 15 is 0 Å². The molecule has 0 bridgehead atoms. The zero-order valence-electron chi connectivity index (χ0n) is 13.6. The lowest BCUT2D eigenvalue weighted by Crippen LogP contribution is -2.29. The van der Waals surface area contributed by atoms with Gasteiger partial charge in [-0.25, -0.2) is 0 Å². The minimum atomic E-state index is -0.0698. The lowest BCUT2D eigenvalue weighted by Gasteiger charge is -2.14. The minimum absolute atomic E-state index is 0.0698. The van der Waals surface area contributed by atoms with Gasteiger partial charge in [0.05, 0.1) is 0 Å². The molecule has 0 aliphatic carbocycles. The van der Waals surface area contributed by atoms with Crippen LogP contribution in [0.3, 0.4) is 0 Å². The quantitative estimate of drug-likeness (QED) is 0.804. The molecular weight excluding hydrogens is 300 g/mol. The highest BCUT2D eigenvalue weighted by Crippen LogP contribution is 2.15. The maximum Gasteiger partial charge on any atom is 0.251 e. The molecule has 0 saturated carbocycles. The number of nitrogens with one attached hydrogen (secondary N) is 2. The summed E-state index contributed by atoms with van der Waals surface area (Å²) in [6.07, 6.45) is 3.13. The molecule has 24 heavy (non-hydrogen) atoms. The highest BCUT2D eigenvalue weighted by molar-refractivity contribution is 5.94. The van der Waals surface area contributed by atoms with Gasteiger partial charge in [-0.05, 0) is 36.7 Å². The van der Waals surface area contributed by atoms with E-state index in [-0.39, 0.29) is 5.91 Å². The summed E-state index contributed by atoms with van der Waals surface area (Å²) in [6.45, 7) is 2.96. The molecular formula is C20H22N2O2. The predicted octanol–water partition coefficient (Wildman–Crippen LogP) is 2.92. The largest absolute Gasteiger partial charge is 0.489 e. The summed E-state index contributed by atoms with van der Waals surface area (Å²) >= 11 is 0. The molecule has 1 heterocycles. The van der Waals surface area contributed by atoms with E-state index < -0.39 is 0 Å². The Hall–Kier alpha value is -2.59. The summed E-state index contributed by atoms with van der Waals surface area (Å²) in [5, 5.41) is 6.24. The number of amides is 1. The lowest BCUT2D eigenvalue weighted by atomic mass is 10.1. The standard InChI is InChI=1S/C20H22N2O2/c23-20(22-14-16-9-11-21-12-10-16)18-7-4-8-19(13-18)24-15-17-5-2-1-3-6-17/h1-9,13,21H,10-12,14-15H2,(H,22,23). The summed E-state index contributed by atoms with van der Waals surface area (Å²) in [5.41, 5.74) is 3.00. The first-order valence-corrected chi connectivity index (χ1v) is 8.25. The number of carbonyl (C=O) groups is 1. The number of ether oxygens (including phenoxy) is 1. The molecule has 0 atom stereocenters. The third-order valence-corrected chi connectivity index (χ3v) is 3.98. The molecule has 0 radical (unpaired) electrons. The van der Waals surface area contributed by atoms with E-state index in [1.807, 2.05) is 48.5 Å². The van der Waals surface area contributed by atoms with Gasteiger partial charge in [0.1, 0.15) is 12.4 Å². The van der Waals surface area contributed by atoms with Gasteiger partial charge in [-0.15, -0.1) is 0 Å². The zero-order chi connectivity index (χ0) is 16.6. The van der Waals surface area contributed by atoms with Gasteiger partial charge in [0.2, 0.25) is 0 Å². The van der Waals surface area contributed by atoms with Crippen LogP contribution in [0.2, 0.25) is 0 Å². The van der Waals surface area contributed by atoms with E-state index in [1.165, 1.54) is 5.57 Å². The second kappa shape index (κ2) is 8.31. The Balaban J connectivity index is 1.55. The van der Waals surface area contributed by atoms with Gasteiger partial charge in [-0.2, -0.15) is 0 Å². The van der Waals surface area contributed by atoms with Crippen LogP contribution in [0.25, 0.3) is 0 Å². The first-order chi connectivity index (χ1) is 11.8. The van der Waals surface area contributed by atoms with Crippen LogP contribution in [0.1, 0.15) is 22.3 Å². The highest BCUT2D eigenvalue weighted by Gasteiger charge is 2.09. The van der Waals surface area contributed by atoms with Crippen molar-refractivity contribution in [3.8, 4) is 5.75 Å². The van der Waals surface area contributed by atoms with E-state index in [2.05, 4.69) is 16.7 Å². The van der Waals surface area contributed by atoms with E-state index in [4.69, 9.17) is 4.74 Å². The number of hydrogen-bond donors (Lipinski definition) is 2. The Morgan fingerprint density at radius 2 is 2.00 bits per heavy atom. The average molecular weight is 322 g/mol. The highest BCUT2D eigenvalue weighted by atomic mass is 16.5. The Morgan fingerprint density at radius 1 is 1.12 bits per heavy atom. The molecule has 0 unspecified atom stereocenters. The maximum atomic E-state index is 12.3. The molecule has 0 aromatic heterocycles. The monoisotopic (exact) mass is 322 g/mol. The van der Waals surface area contributed by atoms with Crippen LogP contribution in [0, 0.1) is 0 Å². The molecule has 124 valence electrons. The summed E-state index contributed by atoms with van der Waals surface area (Å²) < 4.78 is 5.78. The molecule has 4 heteroatoms. The van der Waals surface area contributed by atoms with Crippen molar-refractivity contribution < 1.29 is 9.53 Å². The van der Waals surface area contributed by atoms with Crippen molar-refractivity contribution in [1.29, 1.82) is 0 Å². The fourth-order valence-corrected chi connectivity index (χ4v) is 2.59. The molecule has 0 saturated heterocycles. The smallest absolute Gasteiger partial charge is 0.251 e. The van der Waals surface area contributed by atoms with E-state index in [0.29, 0.717) is 24.5 Å². The first kappa shape index (κ1) is 16.3. The number of benzene rings is 2. The second-order valence-electron chi connectivity index (χ2n) is 5.80. The summed E-state index contributed by atoms with van der Waals surface area (Å²) in [7, 11) is 0. The summed E-state index contributed by atoms with van der Waals surface area (Å²) in [5.74, 6) is 0.632. The van der Waals surface area contributed by atoms with Crippen molar-refractivity contribution in [2.24, 2.45) is 0 Å². The average Bonchev–Trinajstić information content (AvgIpc) is 2.66. The van der Waals surface area contributed by atoms with E-state index in [1.54, 1.807) is 6.07 Å². The fraction of sp³-hybridized carbons (Fsp3) is 0.250. The summed E-state index contributed by atoms with van der Waals surface area (Å²) in [4.78, 5) is 12.3. The van der Waals surface area contributed by atoms with Crippen molar-refractivity contribution in [1.82, 2.24) is 10.6 Å². The number of rotatable bonds is 6. The van der Waals surface area contributed by atoms with Crippen LogP contribution in [-0.2, 0) is 6.61 Å². The van der Waals surface area contributed by atoms with Crippen molar-refractivity contribution in [2.75, 3.05) is 19.6 Å². The molecule has 0 fully saturated rings. The van der Waals surface area contributed by atoms with Gasteiger partial charge >= 0.3 is 0 Å². The Kier molecular flexibility index (Phi) is 5.64. The molecule has 3 rings (SSSR count). The Labute approximate surface area is 142 Å². The third-order valence-electron chi connectivity index (χ3n) is 3.98. The Bertz CT molecular complexity index is 711. The van der Waals surface area contributed by atoms with Gasteiger partial charge < -0.3 is 15.4 Å². The topological polar surface area (TPSA) is 50.4 Å². The normalized spacial score (nSPS) is 13.9. The van der Waals surface area contributed by atoms with Crippen molar-refractivity contribution in [2.45, 2.75) is 13.0 Å². The first-order valence-electron chi connectivity index (χ1n) is 8.25. The molecule has 1 aliphatic heterocycles. The van der Waals surface area contributed by atoms with Crippen LogP contribution in [-0.4, -0.2) is 25.5 Å². The van der Waals surface area contributed by atoms with Crippen LogP contribution in [0.4, 0.5) is 0 Å². The van der Waals surface area contributed by atoms with Crippen LogP contribution < -0.4 is 15.4 Å². The van der Waals surface area contributed by atoms with Crippen LogP contribution >= 0.6 is 0 Å². The molecule has 1 amide bonds. The van der Waals surface area contributed by atoms with Gasteiger partial charge in [-0.1, -0.05) is 48.0 Å². The van der Waals surface area contributed by atoms with Crippen molar-refractivity contribution in [3.63, 3.8) is 0 Å². The minimum Gasteiger partial charge on any atom is -0.489 e. The van der Waals surface area contributed by atoms with Crippen molar-refractivity contribution >= 4 is 5.91 Å². The summed E-state index contributed by atoms with van der Waals surface area (Å²) in [6, 6.07) is 17.3. The SMILES string of the molecule is O=C(NCC1=CCNCC1)c1cccc(OCc2ccccc2)c1. The number of carbonyl (C=O) groups excluding carboxylic acids is 1. The second-order valence-corrected chi connectivity index (χ2v) is 5.80.